The third-order valence-electron chi connectivity index (χ3n) is 4.56. The maximum absolute atomic E-state index is 9.02. The second-order valence-electron chi connectivity index (χ2n) is 4.93. The van der Waals surface area contributed by atoms with E-state index in [2.05, 4.69) is 11.4 Å². The molecule has 3 saturated carbocycles. The number of rotatable bonds is 0. The maximum atomic E-state index is 9.02. The van der Waals surface area contributed by atoms with E-state index in [1.165, 1.54) is 25.7 Å². The summed E-state index contributed by atoms with van der Waals surface area (Å²) in [4.78, 5) is 0. The summed E-state index contributed by atoms with van der Waals surface area (Å²) in [5.41, 5.74) is 0. The Balaban J connectivity index is 1.90. The summed E-state index contributed by atoms with van der Waals surface area (Å²) in [6, 6.07) is 2.62. The van der Waals surface area contributed by atoms with Gasteiger partial charge in [0.2, 0.25) is 0 Å². The standard InChI is InChI=1S/C11H16N2/c12-5-10-11-8-3-1-7(2-4-8)9(11)6-13-10/h7-11,13H,1-4,6H2. The molecule has 0 aromatic heterocycles. The van der Waals surface area contributed by atoms with Crippen molar-refractivity contribution < 1.29 is 0 Å². The quantitative estimate of drug-likeness (QED) is 0.607. The molecule has 3 unspecified atom stereocenters. The van der Waals surface area contributed by atoms with Gasteiger partial charge in [-0.25, -0.2) is 0 Å². The van der Waals surface area contributed by atoms with Crippen molar-refractivity contribution in [1.29, 1.82) is 5.26 Å². The maximum Gasteiger partial charge on any atom is 0.0987 e. The molecule has 0 aromatic rings. The van der Waals surface area contributed by atoms with E-state index in [0.717, 1.165) is 24.3 Å². The minimum atomic E-state index is 0.179. The molecule has 3 atom stereocenters. The first-order valence-electron chi connectivity index (χ1n) is 5.53. The van der Waals surface area contributed by atoms with E-state index in [-0.39, 0.29) is 6.04 Å². The predicted molar refractivity (Wildman–Crippen MR) is 49.8 cm³/mol. The number of nitrogens with zero attached hydrogens (tertiary/aromatic N) is 1. The van der Waals surface area contributed by atoms with Crippen molar-refractivity contribution in [2.24, 2.45) is 23.7 Å². The highest BCUT2D eigenvalue weighted by molar-refractivity contribution is 5.09. The third-order valence-corrected chi connectivity index (χ3v) is 4.56. The molecule has 0 spiro atoms. The van der Waals surface area contributed by atoms with Gasteiger partial charge < -0.3 is 5.32 Å². The molecule has 1 heterocycles. The Morgan fingerprint density at radius 1 is 1.08 bits per heavy atom. The fourth-order valence-electron chi connectivity index (χ4n) is 3.97. The van der Waals surface area contributed by atoms with Crippen LogP contribution < -0.4 is 5.32 Å². The zero-order valence-corrected chi connectivity index (χ0v) is 7.87. The summed E-state index contributed by atoms with van der Waals surface area (Å²) in [7, 11) is 0. The van der Waals surface area contributed by atoms with Crippen molar-refractivity contribution in [3.05, 3.63) is 0 Å². The summed E-state index contributed by atoms with van der Waals surface area (Å²) in [5, 5.41) is 12.4. The van der Waals surface area contributed by atoms with Gasteiger partial charge in [-0.2, -0.15) is 5.26 Å². The molecule has 0 aromatic carbocycles. The summed E-state index contributed by atoms with van der Waals surface area (Å²) < 4.78 is 0. The van der Waals surface area contributed by atoms with Crippen LogP contribution in [0, 0.1) is 35.0 Å². The van der Waals surface area contributed by atoms with Crippen LogP contribution in [0.1, 0.15) is 25.7 Å². The third kappa shape index (κ3) is 0.971. The molecule has 2 bridgehead atoms. The highest BCUT2D eigenvalue weighted by Crippen LogP contribution is 2.51. The van der Waals surface area contributed by atoms with Crippen LogP contribution in [-0.4, -0.2) is 12.6 Å². The highest BCUT2D eigenvalue weighted by atomic mass is 15.0. The van der Waals surface area contributed by atoms with Crippen LogP contribution in [0.15, 0.2) is 0 Å². The van der Waals surface area contributed by atoms with E-state index >= 15 is 0 Å². The Labute approximate surface area is 79.3 Å². The molecule has 4 fully saturated rings. The molecule has 1 aliphatic heterocycles. The normalized spacial score (nSPS) is 53.0. The first-order valence-corrected chi connectivity index (χ1v) is 5.53. The lowest BCUT2D eigenvalue weighted by Crippen LogP contribution is -2.41. The number of fused-ring (bicyclic) bond motifs is 2. The van der Waals surface area contributed by atoms with Crippen molar-refractivity contribution in [1.82, 2.24) is 5.32 Å². The van der Waals surface area contributed by atoms with Crippen molar-refractivity contribution in [3.8, 4) is 6.07 Å². The number of nitriles is 1. The molecule has 2 heteroatoms. The lowest BCUT2D eigenvalue weighted by molar-refractivity contribution is 0.0499. The largest absolute Gasteiger partial charge is 0.301 e. The number of nitrogens with one attached hydrogen (secondary N) is 1. The summed E-state index contributed by atoms with van der Waals surface area (Å²) in [6.45, 7) is 1.12. The topological polar surface area (TPSA) is 35.8 Å². The van der Waals surface area contributed by atoms with Gasteiger partial charge in [0, 0.05) is 0 Å². The van der Waals surface area contributed by atoms with Gasteiger partial charge in [0.15, 0.2) is 0 Å². The van der Waals surface area contributed by atoms with Crippen molar-refractivity contribution >= 4 is 0 Å². The summed E-state index contributed by atoms with van der Waals surface area (Å²) in [6.07, 6.45) is 5.66. The van der Waals surface area contributed by atoms with Gasteiger partial charge in [0.1, 0.15) is 0 Å². The molecular formula is C11H16N2. The molecule has 4 aliphatic rings. The van der Waals surface area contributed by atoms with E-state index in [1.54, 1.807) is 0 Å². The van der Waals surface area contributed by atoms with Crippen LogP contribution in [-0.2, 0) is 0 Å². The monoisotopic (exact) mass is 176 g/mol. The van der Waals surface area contributed by atoms with Gasteiger partial charge in [-0.1, -0.05) is 0 Å². The van der Waals surface area contributed by atoms with Crippen molar-refractivity contribution in [3.63, 3.8) is 0 Å². The van der Waals surface area contributed by atoms with E-state index < -0.39 is 0 Å². The van der Waals surface area contributed by atoms with E-state index in [1.807, 2.05) is 0 Å². The van der Waals surface area contributed by atoms with Crippen LogP contribution in [0.5, 0.6) is 0 Å². The van der Waals surface area contributed by atoms with Crippen LogP contribution in [0.2, 0.25) is 0 Å². The zero-order chi connectivity index (χ0) is 8.84. The van der Waals surface area contributed by atoms with Gasteiger partial charge in [0.05, 0.1) is 12.1 Å². The molecule has 3 aliphatic carbocycles. The van der Waals surface area contributed by atoms with Crippen LogP contribution in [0.25, 0.3) is 0 Å². The summed E-state index contributed by atoms with van der Waals surface area (Å²) >= 11 is 0. The van der Waals surface area contributed by atoms with E-state index in [9.17, 15) is 0 Å². The van der Waals surface area contributed by atoms with E-state index in [0.29, 0.717) is 5.92 Å². The van der Waals surface area contributed by atoms with Crippen LogP contribution in [0.4, 0.5) is 0 Å². The molecule has 13 heavy (non-hydrogen) atoms. The first kappa shape index (κ1) is 7.82. The fraction of sp³-hybridized carbons (Fsp3) is 0.909. The average Bonchev–Trinajstić information content (AvgIpc) is 2.64. The molecule has 0 radical (unpaired) electrons. The lowest BCUT2D eigenvalue weighted by Gasteiger charge is -2.45. The second kappa shape index (κ2) is 2.72. The van der Waals surface area contributed by atoms with Gasteiger partial charge in [0.25, 0.3) is 0 Å². The minimum absolute atomic E-state index is 0.179. The molecule has 70 valence electrons. The second-order valence-corrected chi connectivity index (χ2v) is 4.93. The Morgan fingerprint density at radius 2 is 1.77 bits per heavy atom. The molecular weight excluding hydrogens is 160 g/mol. The first-order chi connectivity index (χ1) is 6.40. The predicted octanol–water partition coefficient (Wildman–Crippen LogP) is 1.53. The number of hydrogen-bond donors (Lipinski definition) is 1. The fourth-order valence-corrected chi connectivity index (χ4v) is 3.97. The highest BCUT2D eigenvalue weighted by Gasteiger charge is 2.50. The minimum Gasteiger partial charge on any atom is -0.301 e. The average molecular weight is 176 g/mol. The smallest absolute Gasteiger partial charge is 0.0987 e. The Kier molecular flexibility index (Phi) is 1.63. The molecule has 1 N–H and O–H groups in total. The zero-order valence-electron chi connectivity index (χ0n) is 7.87. The summed E-state index contributed by atoms with van der Waals surface area (Å²) in [5.74, 6) is 3.37. The van der Waals surface area contributed by atoms with Crippen LogP contribution >= 0.6 is 0 Å². The molecule has 2 nitrogen and oxygen atoms in total. The Bertz CT molecular complexity index is 247. The van der Waals surface area contributed by atoms with Gasteiger partial charge in [-0.15, -0.1) is 0 Å². The van der Waals surface area contributed by atoms with Gasteiger partial charge in [-0.3, -0.25) is 0 Å². The van der Waals surface area contributed by atoms with Crippen LogP contribution in [0.3, 0.4) is 0 Å². The Hall–Kier alpha value is -0.550. The van der Waals surface area contributed by atoms with Gasteiger partial charge >= 0.3 is 0 Å². The van der Waals surface area contributed by atoms with Crippen molar-refractivity contribution in [2.75, 3.05) is 6.54 Å². The molecule has 0 amide bonds. The lowest BCUT2D eigenvalue weighted by atomic mass is 9.58. The Morgan fingerprint density at radius 3 is 2.46 bits per heavy atom. The molecule has 4 rings (SSSR count). The SMILES string of the molecule is N#CC1NCC2C3CCC(CC3)C12. The number of hydrogen-bond acceptors (Lipinski definition) is 2. The molecule has 1 saturated heterocycles. The van der Waals surface area contributed by atoms with Crippen molar-refractivity contribution in [2.45, 2.75) is 31.7 Å². The van der Waals surface area contributed by atoms with Gasteiger partial charge in [-0.05, 0) is 55.9 Å². The van der Waals surface area contributed by atoms with E-state index in [4.69, 9.17) is 5.26 Å².